The molecule has 2 aliphatic rings. The molecule has 0 aromatic rings. The van der Waals surface area contributed by atoms with Crippen LogP contribution in [0.5, 0.6) is 0 Å². The maximum atomic E-state index is 11.9. The van der Waals surface area contributed by atoms with Crippen molar-refractivity contribution in [1.29, 1.82) is 0 Å². The van der Waals surface area contributed by atoms with Gasteiger partial charge >= 0.3 is 12.6 Å². The SMILES string of the molecule is O=COC(=O)N(N1CCCCC1)N1CCCCC1. The number of nitrogens with zero attached hydrogens (tertiary/aromatic N) is 3. The van der Waals surface area contributed by atoms with Crippen molar-refractivity contribution in [2.75, 3.05) is 26.2 Å². The third-order valence-electron chi connectivity index (χ3n) is 3.51. The summed E-state index contributed by atoms with van der Waals surface area (Å²) in [4.78, 5) is 22.3. The van der Waals surface area contributed by atoms with Crippen LogP contribution in [0.1, 0.15) is 38.5 Å². The lowest BCUT2D eigenvalue weighted by Crippen LogP contribution is -2.58. The fourth-order valence-electron chi connectivity index (χ4n) is 2.63. The number of hydrogen-bond acceptors (Lipinski definition) is 5. The Morgan fingerprint density at radius 1 is 0.889 bits per heavy atom. The molecule has 2 saturated heterocycles. The van der Waals surface area contributed by atoms with E-state index < -0.39 is 6.09 Å². The van der Waals surface area contributed by atoms with Gasteiger partial charge in [-0.05, 0) is 25.7 Å². The molecule has 6 nitrogen and oxygen atoms in total. The van der Waals surface area contributed by atoms with Crippen LogP contribution in [0.25, 0.3) is 0 Å². The average molecular weight is 255 g/mol. The second kappa shape index (κ2) is 6.70. The number of hydrazine groups is 2. The minimum Gasteiger partial charge on any atom is -0.377 e. The van der Waals surface area contributed by atoms with Crippen molar-refractivity contribution in [2.45, 2.75) is 38.5 Å². The molecule has 102 valence electrons. The van der Waals surface area contributed by atoms with E-state index in [-0.39, 0.29) is 6.47 Å². The van der Waals surface area contributed by atoms with Crippen molar-refractivity contribution in [3.8, 4) is 0 Å². The number of hydrogen-bond donors (Lipinski definition) is 0. The van der Waals surface area contributed by atoms with Crippen molar-refractivity contribution < 1.29 is 14.3 Å². The van der Waals surface area contributed by atoms with Crippen LogP contribution in [-0.4, -0.2) is 53.9 Å². The number of piperidine rings is 2. The van der Waals surface area contributed by atoms with Gasteiger partial charge in [0, 0.05) is 26.2 Å². The third kappa shape index (κ3) is 3.20. The van der Waals surface area contributed by atoms with Crippen molar-refractivity contribution in [2.24, 2.45) is 0 Å². The van der Waals surface area contributed by atoms with Gasteiger partial charge in [0.05, 0.1) is 0 Å². The zero-order valence-corrected chi connectivity index (χ0v) is 10.7. The Balaban J connectivity index is 2.04. The Kier molecular flexibility index (Phi) is 4.95. The van der Waals surface area contributed by atoms with Gasteiger partial charge in [0.25, 0.3) is 0 Å². The number of carbonyl (C=O) groups is 2. The van der Waals surface area contributed by atoms with Crippen LogP contribution in [0.15, 0.2) is 0 Å². The molecule has 1 amide bonds. The second-order valence-electron chi connectivity index (χ2n) is 4.80. The van der Waals surface area contributed by atoms with E-state index >= 15 is 0 Å². The molecule has 2 aliphatic heterocycles. The predicted octanol–water partition coefficient (Wildman–Crippen LogP) is 1.38. The summed E-state index contributed by atoms with van der Waals surface area (Å²) in [5.74, 6) is 0. The Morgan fingerprint density at radius 3 is 1.72 bits per heavy atom. The summed E-state index contributed by atoms with van der Waals surface area (Å²) in [5.41, 5.74) is 0. The van der Waals surface area contributed by atoms with E-state index in [1.807, 2.05) is 10.0 Å². The molecule has 0 aromatic heterocycles. The zero-order chi connectivity index (χ0) is 12.8. The molecule has 18 heavy (non-hydrogen) atoms. The van der Waals surface area contributed by atoms with Gasteiger partial charge in [-0.2, -0.15) is 5.12 Å². The third-order valence-corrected chi connectivity index (χ3v) is 3.51. The molecule has 0 radical (unpaired) electrons. The van der Waals surface area contributed by atoms with E-state index in [1.165, 1.54) is 12.8 Å². The highest BCUT2D eigenvalue weighted by molar-refractivity contribution is 5.74. The molecule has 0 unspecified atom stereocenters. The standard InChI is InChI=1S/C12H21N3O3/c16-11-18-12(17)15(13-7-3-1-4-8-13)14-9-5-2-6-10-14/h11H,1-10H2. The Bertz CT molecular complexity index is 268. The largest absolute Gasteiger partial charge is 0.447 e. The summed E-state index contributed by atoms with van der Waals surface area (Å²) in [6, 6.07) is 0. The molecule has 6 heteroatoms. The summed E-state index contributed by atoms with van der Waals surface area (Å²) >= 11 is 0. The summed E-state index contributed by atoms with van der Waals surface area (Å²) in [5, 5.41) is 5.55. The van der Waals surface area contributed by atoms with Crippen molar-refractivity contribution in [3.63, 3.8) is 0 Å². The van der Waals surface area contributed by atoms with E-state index in [0.717, 1.165) is 51.9 Å². The first-order valence-corrected chi connectivity index (χ1v) is 6.77. The van der Waals surface area contributed by atoms with Gasteiger partial charge in [-0.1, -0.05) is 12.8 Å². The molecule has 2 rings (SSSR count). The van der Waals surface area contributed by atoms with Gasteiger partial charge in [-0.25, -0.2) is 14.8 Å². The first kappa shape index (κ1) is 13.3. The van der Waals surface area contributed by atoms with Crippen LogP contribution in [0, 0.1) is 0 Å². The van der Waals surface area contributed by atoms with E-state index in [1.54, 1.807) is 5.12 Å². The van der Waals surface area contributed by atoms with Crippen molar-refractivity contribution in [1.82, 2.24) is 15.1 Å². The lowest BCUT2D eigenvalue weighted by Gasteiger charge is -2.43. The summed E-state index contributed by atoms with van der Waals surface area (Å²) in [7, 11) is 0. The topological polar surface area (TPSA) is 53.1 Å². The minimum atomic E-state index is -0.575. The van der Waals surface area contributed by atoms with Gasteiger partial charge < -0.3 is 4.74 Å². The van der Waals surface area contributed by atoms with Gasteiger partial charge in [-0.3, -0.25) is 4.79 Å². The lowest BCUT2D eigenvalue weighted by atomic mass is 10.1. The van der Waals surface area contributed by atoms with E-state index in [0.29, 0.717) is 0 Å². The normalized spacial score (nSPS) is 22.4. The molecule has 2 heterocycles. The number of amides is 1. The van der Waals surface area contributed by atoms with Crippen LogP contribution in [-0.2, 0) is 9.53 Å². The molecule has 0 bridgehead atoms. The highest BCUT2D eigenvalue weighted by Crippen LogP contribution is 2.18. The molecule has 0 N–H and O–H groups in total. The summed E-state index contributed by atoms with van der Waals surface area (Å²) in [6.07, 6.45) is 6.16. The second-order valence-corrected chi connectivity index (χ2v) is 4.80. The lowest BCUT2D eigenvalue weighted by molar-refractivity contribution is -0.173. The Morgan fingerprint density at radius 2 is 1.33 bits per heavy atom. The number of ether oxygens (including phenoxy) is 1. The van der Waals surface area contributed by atoms with E-state index in [9.17, 15) is 9.59 Å². The van der Waals surface area contributed by atoms with Crippen molar-refractivity contribution >= 4 is 12.6 Å². The summed E-state index contributed by atoms with van der Waals surface area (Å²) in [6.45, 7) is 3.62. The maximum absolute atomic E-state index is 11.9. The number of rotatable bonds is 3. The molecule has 0 spiro atoms. The van der Waals surface area contributed by atoms with Gasteiger partial charge in [0.1, 0.15) is 0 Å². The molecule has 0 atom stereocenters. The molecular weight excluding hydrogens is 234 g/mol. The van der Waals surface area contributed by atoms with E-state index in [4.69, 9.17) is 0 Å². The highest BCUT2D eigenvalue weighted by atomic mass is 16.6. The molecule has 0 aliphatic carbocycles. The van der Waals surface area contributed by atoms with Crippen LogP contribution in [0.2, 0.25) is 0 Å². The van der Waals surface area contributed by atoms with Gasteiger partial charge in [-0.15, -0.1) is 0 Å². The maximum Gasteiger partial charge on any atom is 0.447 e. The monoisotopic (exact) mass is 255 g/mol. The molecular formula is C12H21N3O3. The van der Waals surface area contributed by atoms with Crippen molar-refractivity contribution in [3.05, 3.63) is 0 Å². The van der Waals surface area contributed by atoms with Crippen LogP contribution < -0.4 is 0 Å². The van der Waals surface area contributed by atoms with E-state index in [2.05, 4.69) is 4.74 Å². The number of carbonyl (C=O) groups excluding carboxylic acids is 2. The molecule has 0 aromatic carbocycles. The average Bonchev–Trinajstić information content (AvgIpc) is 2.42. The zero-order valence-electron chi connectivity index (χ0n) is 10.7. The highest BCUT2D eigenvalue weighted by Gasteiger charge is 2.30. The van der Waals surface area contributed by atoms with Crippen LogP contribution in [0.4, 0.5) is 4.79 Å². The minimum absolute atomic E-state index is 0.212. The Hall–Kier alpha value is -1.14. The molecule has 0 saturated carbocycles. The summed E-state index contributed by atoms with van der Waals surface area (Å²) < 4.78 is 4.53. The smallest absolute Gasteiger partial charge is 0.377 e. The van der Waals surface area contributed by atoms with Gasteiger partial charge in [0.15, 0.2) is 0 Å². The molecule has 2 fully saturated rings. The first-order valence-electron chi connectivity index (χ1n) is 6.77. The van der Waals surface area contributed by atoms with Crippen LogP contribution in [0.3, 0.4) is 0 Å². The quantitative estimate of drug-likeness (QED) is 0.563. The van der Waals surface area contributed by atoms with Crippen LogP contribution >= 0.6 is 0 Å². The Labute approximate surface area is 107 Å². The van der Waals surface area contributed by atoms with Gasteiger partial charge in [0.2, 0.25) is 0 Å². The fourth-order valence-corrected chi connectivity index (χ4v) is 2.63. The fraction of sp³-hybridized carbons (Fsp3) is 0.833. The predicted molar refractivity (Wildman–Crippen MR) is 65.2 cm³/mol. The first-order chi connectivity index (χ1) is 8.83.